The molecule has 0 atom stereocenters. The quantitative estimate of drug-likeness (QED) is 0.890. The summed E-state index contributed by atoms with van der Waals surface area (Å²) in [5.41, 5.74) is 2.45. The van der Waals surface area contributed by atoms with E-state index in [1.165, 1.54) is 0 Å². The van der Waals surface area contributed by atoms with Crippen LogP contribution in [0.5, 0.6) is 11.5 Å². The van der Waals surface area contributed by atoms with Gasteiger partial charge in [0.15, 0.2) is 11.5 Å². The van der Waals surface area contributed by atoms with Crippen LogP contribution in [0.4, 0.5) is 5.69 Å². The number of ether oxygens (including phenoxy) is 2. The fourth-order valence-corrected chi connectivity index (χ4v) is 2.66. The molecule has 0 unspecified atom stereocenters. The second-order valence-corrected chi connectivity index (χ2v) is 5.18. The van der Waals surface area contributed by atoms with Crippen molar-refractivity contribution in [2.24, 2.45) is 0 Å². The Morgan fingerprint density at radius 1 is 1.19 bits per heavy atom. The van der Waals surface area contributed by atoms with Crippen LogP contribution in [-0.2, 0) is 6.54 Å². The Morgan fingerprint density at radius 2 is 1.95 bits per heavy atom. The average molecular weight is 347 g/mol. The highest BCUT2D eigenvalue weighted by Gasteiger charge is 2.10. The molecule has 0 aliphatic heterocycles. The van der Waals surface area contributed by atoms with Gasteiger partial charge in [-0.1, -0.05) is 12.1 Å². The number of nitrogens with one attached hydrogen (secondary N) is 1. The minimum Gasteiger partial charge on any atom is -0.493 e. The average Bonchev–Trinajstić information content (AvgIpc) is 2.52. The van der Waals surface area contributed by atoms with Gasteiger partial charge in [-0.15, -0.1) is 0 Å². The number of para-hydroxylation sites is 1. The third-order valence-electron chi connectivity index (χ3n) is 3.02. The highest BCUT2D eigenvalue weighted by Crippen LogP contribution is 2.36. The highest BCUT2D eigenvalue weighted by molar-refractivity contribution is 9.10. The van der Waals surface area contributed by atoms with Crippen LogP contribution < -0.4 is 14.8 Å². The number of nitriles is 1. The molecule has 0 saturated carbocycles. The number of anilines is 1. The van der Waals surface area contributed by atoms with Gasteiger partial charge in [-0.25, -0.2) is 0 Å². The third kappa shape index (κ3) is 3.47. The summed E-state index contributed by atoms with van der Waals surface area (Å²) in [7, 11) is 3.20. The number of hydrogen-bond donors (Lipinski definition) is 1. The summed E-state index contributed by atoms with van der Waals surface area (Å²) < 4.78 is 11.4. The molecule has 0 aromatic heterocycles. The monoisotopic (exact) mass is 346 g/mol. The van der Waals surface area contributed by atoms with E-state index in [2.05, 4.69) is 27.3 Å². The van der Waals surface area contributed by atoms with Crippen LogP contribution in [0.3, 0.4) is 0 Å². The second kappa shape index (κ2) is 7.00. The summed E-state index contributed by atoms with van der Waals surface area (Å²) in [5.74, 6) is 1.33. The summed E-state index contributed by atoms with van der Waals surface area (Å²) in [4.78, 5) is 0. The second-order valence-electron chi connectivity index (χ2n) is 4.32. The van der Waals surface area contributed by atoms with Crippen LogP contribution in [0.15, 0.2) is 40.9 Å². The Kier molecular flexibility index (Phi) is 5.07. The highest BCUT2D eigenvalue weighted by atomic mass is 79.9. The van der Waals surface area contributed by atoms with Crippen LogP contribution in [0.25, 0.3) is 0 Å². The van der Waals surface area contributed by atoms with Crippen LogP contribution in [-0.4, -0.2) is 14.2 Å². The summed E-state index contributed by atoms with van der Waals surface area (Å²) in [5, 5.41) is 12.3. The predicted octanol–water partition coefficient (Wildman–Crippen LogP) is 3.95. The van der Waals surface area contributed by atoms with Crippen molar-refractivity contribution in [3.05, 3.63) is 52.0 Å². The van der Waals surface area contributed by atoms with E-state index in [4.69, 9.17) is 14.7 Å². The largest absolute Gasteiger partial charge is 0.493 e. The van der Waals surface area contributed by atoms with Crippen LogP contribution >= 0.6 is 15.9 Å². The zero-order chi connectivity index (χ0) is 15.2. The van der Waals surface area contributed by atoms with E-state index in [0.717, 1.165) is 15.7 Å². The van der Waals surface area contributed by atoms with Crippen molar-refractivity contribution in [2.45, 2.75) is 6.54 Å². The summed E-state index contributed by atoms with van der Waals surface area (Å²) >= 11 is 3.47. The molecule has 2 aromatic rings. The maximum atomic E-state index is 9.08. The Hall–Kier alpha value is -2.19. The van der Waals surface area contributed by atoms with Crippen LogP contribution in [0.2, 0.25) is 0 Å². The molecule has 0 spiro atoms. The first-order chi connectivity index (χ1) is 10.2. The van der Waals surface area contributed by atoms with Crippen molar-refractivity contribution in [3.8, 4) is 17.6 Å². The molecule has 0 amide bonds. The molecule has 0 heterocycles. The summed E-state index contributed by atoms with van der Waals surface area (Å²) in [6, 6.07) is 13.4. The zero-order valence-corrected chi connectivity index (χ0v) is 13.4. The number of halogens is 1. The first-order valence-corrected chi connectivity index (χ1v) is 7.12. The van der Waals surface area contributed by atoms with Crippen molar-refractivity contribution >= 4 is 21.6 Å². The molecule has 4 nitrogen and oxygen atoms in total. The van der Waals surface area contributed by atoms with E-state index in [9.17, 15) is 0 Å². The van der Waals surface area contributed by atoms with Crippen LogP contribution in [0, 0.1) is 11.3 Å². The Labute approximate surface area is 132 Å². The number of nitrogens with zero attached hydrogens (tertiary/aromatic N) is 1. The Bertz CT molecular complexity index is 680. The van der Waals surface area contributed by atoms with E-state index in [-0.39, 0.29) is 0 Å². The van der Waals surface area contributed by atoms with E-state index in [0.29, 0.717) is 23.6 Å². The van der Waals surface area contributed by atoms with Crippen molar-refractivity contribution in [1.29, 1.82) is 5.26 Å². The number of methoxy groups -OCH3 is 2. The lowest BCUT2D eigenvalue weighted by Gasteiger charge is -2.13. The fourth-order valence-electron chi connectivity index (χ4n) is 2.01. The molecule has 1 N–H and O–H groups in total. The Balaban J connectivity index is 2.21. The molecule has 0 radical (unpaired) electrons. The first-order valence-electron chi connectivity index (χ1n) is 6.33. The first kappa shape index (κ1) is 15.2. The molecule has 108 valence electrons. The number of benzene rings is 2. The normalized spacial score (nSPS) is 9.81. The van der Waals surface area contributed by atoms with E-state index in [1.54, 1.807) is 20.3 Å². The standard InChI is InChI=1S/C16H15BrN2O2/c1-20-15-8-11(7-13(17)16(15)21-2)10-19-14-6-4-3-5-12(14)9-18/h3-8,19H,10H2,1-2H3. The molecule has 2 rings (SSSR count). The van der Waals surface area contributed by atoms with Gasteiger partial charge in [0.1, 0.15) is 6.07 Å². The lowest BCUT2D eigenvalue weighted by atomic mass is 10.1. The third-order valence-corrected chi connectivity index (χ3v) is 3.61. The smallest absolute Gasteiger partial charge is 0.174 e. The maximum Gasteiger partial charge on any atom is 0.174 e. The molecule has 0 fully saturated rings. The summed E-state index contributed by atoms with van der Waals surface area (Å²) in [6.07, 6.45) is 0. The maximum absolute atomic E-state index is 9.08. The molecular formula is C16H15BrN2O2. The molecular weight excluding hydrogens is 332 g/mol. The minimum absolute atomic E-state index is 0.581. The number of rotatable bonds is 5. The predicted molar refractivity (Wildman–Crippen MR) is 85.7 cm³/mol. The Morgan fingerprint density at radius 3 is 2.62 bits per heavy atom. The molecule has 2 aromatic carbocycles. The minimum atomic E-state index is 0.581. The topological polar surface area (TPSA) is 54.3 Å². The molecule has 0 saturated heterocycles. The summed E-state index contributed by atoms with van der Waals surface area (Å²) in [6.45, 7) is 0.581. The lowest BCUT2D eigenvalue weighted by molar-refractivity contribution is 0.352. The molecule has 0 aliphatic rings. The van der Waals surface area contributed by atoms with Crippen molar-refractivity contribution < 1.29 is 9.47 Å². The van der Waals surface area contributed by atoms with Gasteiger partial charge in [0.05, 0.1) is 29.9 Å². The molecule has 21 heavy (non-hydrogen) atoms. The molecule has 5 heteroatoms. The van der Waals surface area contributed by atoms with Gasteiger partial charge in [0, 0.05) is 6.54 Å². The van der Waals surface area contributed by atoms with Crippen molar-refractivity contribution in [3.63, 3.8) is 0 Å². The van der Waals surface area contributed by atoms with Gasteiger partial charge < -0.3 is 14.8 Å². The number of hydrogen-bond acceptors (Lipinski definition) is 4. The lowest BCUT2D eigenvalue weighted by Crippen LogP contribution is -2.02. The molecule has 0 bridgehead atoms. The van der Waals surface area contributed by atoms with Crippen LogP contribution in [0.1, 0.15) is 11.1 Å². The van der Waals surface area contributed by atoms with Gasteiger partial charge in [-0.2, -0.15) is 5.26 Å². The van der Waals surface area contributed by atoms with Gasteiger partial charge in [-0.05, 0) is 45.8 Å². The fraction of sp³-hybridized carbons (Fsp3) is 0.188. The van der Waals surface area contributed by atoms with E-state index >= 15 is 0 Å². The zero-order valence-electron chi connectivity index (χ0n) is 11.8. The van der Waals surface area contributed by atoms with Crippen molar-refractivity contribution in [1.82, 2.24) is 0 Å². The van der Waals surface area contributed by atoms with Gasteiger partial charge >= 0.3 is 0 Å². The SMILES string of the molecule is COc1cc(CNc2ccccc2C#N)cc(Br)c1OC. The van der Waals surface area contributed by atoms with E-state index < -0.39 is 0 Å². The molecule has 0 aliphatic carbocycles. The van der Waals surface area contributed by atoms with Crippen molar-refractivity contribution in [2.75, 3.05) is 19.5 Å². The van der Waals surface area contributed by atoms with Gasteiger partial charge in [0.25, 0.3) is 0 Å². The van der Waals surface area contributed by atoms with Gasteiger partial charge in [-0.3, -0.25) is 0 Å². The van der Waals surface area contributed by atoms with E-state index in [1.807, 2.05) is 30.3 Å². The van der Waals surface area contributed by atoms with Gasteiger partial charge in [0.2, 0.25) is 0 Å².